The number of aromatic nitrogens is 1. The molecule has 2 N–H and O–H groups in total. The zero-order chi connectivity index (χ0) is 14.4. The van der Waals surface area contributed by atoms with Gasteiger partial charge in [0.1, 0.15) is 10.8 Å². The number of hydrogen-bond acceptors (Lipinski definition) is 4. The first-order chi connectivity index (χ1) is 10.2. The third-order valence-electron chi connectivity index (χ3n) is 4.81. The first kappa shape index (κ1) is 13.3. The van der Waals surface area contributed by atoms with E-state index in [0.29, 0.717) is 0 Å². The van der Waals surface area contributed by atoms with E-state index in [4.69, 9.17) is 15.5 Å². The summed E-state index contributed by atoms with van der Waals surface area (Å²) in [5.74, 6) is 0.881. The molecule has 0 spiro atoms. The molecule has 1 heterocycles. The highest BCUT2D eigenvalue weighted by Crippen LogP contribution is 2.44. The molecular formula is C17H20N2OS. The molecule has 0 radical (unpaired) electrons. The monoisotopic (exact) mass is 300 g/mol. The number of rotatable bonds is 2. The summed E-state index contributed by atoms with van der Waals surface area (Å²) in [5.41, 5.74) is 10.2. The molecule has 2 aromatic rings. The summed E-state index contributed by atoms with van der Waals surface area (Å²) in [4.78, 5) is 6.37. The summed E-state index contributed by atoms with van der Waals surface area (Å²) < 4.78 is 5.38. The highest BCUT2D eigenvalue weighted by atomic mass is 32.1. The smallest absolute Gasteiger partial charge is 0.119 e. The van der Waals surface area contributed by atoms with E-state index in [-0.39, 0.29) is 0 Å². The van der Waals surface area contributed by atoms with E-state index in [2.05, 4.69) is 12.1 Å². The predicted molar refractivity (Wildman–Crippen MR) is 85.0 cm³/mol. The molecule has 1 atom stereocenters. The van der Waals surface area contributed by atoms with Crippen molar-refractivity contribution in [3.8, 4) is 5.75 Å². The number of nitrogens with zero attached hydrogens (tertiary/aromatic N) is 1. The number of benzene rings is 1. The molecule has 0 bridgehead atoms. The van der Waals surface area contributed by atoms with Crippen LogP contribution in [0.3, 0.4) is 0 Å². The third kappa shape index (κ3) is 2.00. The van der Waals surface area contributed by atoms with Crippen molar-refractivity contribution in [1.82, 2.24) is 4.98 Å². The van der Waals surface area contributed by atoms with Crippen molar-refractivity contribution in [3.63, 3.8) is 0 Å². The minimum absolute atomic E-state index is 0.425. The first-order valence-corrected chi connectivity index (χ1v) is 8.48. The van der Waals surface area contributed by atoms with Crippen LogP contribution in [0.2, 0.25) is 0 Å². The second kappa shape index (κ2) is 4.82. The zero-order valence-corrected chi connectivity index (χ0v) is 13.1. The van der Waals surface area contributed by atoms with Crippen LogP contribution in [-0.2, 0) is 24.8 Å². The lowest BCUT2D eigenvalue weighted by Crippen LogP contribution is -2.35. The summed E-state index contributed by atoms with van der Waals surface area (Å²) in [6, 6.07) is 6.27. The van der Waals surface area contributed by atoms with Gasteiger partial charge in [-0.3, -0.25) is 0 Å². The highest BCUT2D eigenvalue weighted by Gasteiger charge is 2.40. The number of fused-ring (bicyclic) bond motifs is 2. The Morgan fingerprint density at radius 2 is 2.10 bits per heavy atom. The molecule has 110 valence electrons. The van der Waals surface area contributed by atoms with Crippen molar-refractivity contribution in [2.24, 2.45) is 5.73 Å². The lowest BCUT2D eigenvalue weighted by atomic mass is 9.93. The van der Waals surface area contributed by atoms with Gasteiger partial charge in [-0.15, -0.1) is 11.3 Å². The van der Waals surface area contributed by atoms with Crippen LogP contribution >= 0.6 is 11.3 Å². The van der Waals surface area contributed by atoms with E-state index >= 15 is 0 Å². The summed E-state index contributed by atoms with van der Waals surface area (Å²) in [5, 5.41) is 1.10. The quantitative estimate of drug-likeness (QED) is 0.926. The highest BCUT2D eigenvalue weighted by molar-refractivity contribution is 7.12. The van der Waals surface area contributed by atoms with E-state index in [9.17, 15) is 0 Å². The zero-order valence-electron chi connectivity index (χ0n) is 12.3. The predicted octanol–water partition coefficient (Wildman–Crippen LogP) is 3.18. The minimum atomic E-state index is -0.425. The maximum absolute atomic E-state index is 6.82. The standard InChI is InChI=1S/C17H20N2OS/c1-20-12-7-6-11-8-9-17(18,13(11)10-12)16-19-14-4-2-3-5-15(14)21-16/h6-7,10H,2-5,8-9,18H2,1H3. The van der Waals surface area contributed by atoms with Crippen molar-refractivity contribution in [3.05, 3.63) is 44.9 Å². The summed E-state index contributed by atoms with van der Waals surface area (Å²) in [7, 11) is 1.71. The Morgan fingerprint density at radius 3 is 2.90 bits per heavy atom. The second-order valence-corrected chi connectivity index (χ2v) is 7.17. The van der Waals surface area contributed by atoms with E-state index in [1.807, 2.05) is 17.4 Å². The molecule has 1 aromatic carbocycles. The fourth-order valence-electron chi connectivity index (χ4n) is 3.55. The Morgan fingerprint density at radius 1 is 1.24 bits per heavy atom. The van der Waals surface area contributed by atoms with Gasteiger partial charge in [0.15, 0.2) is 0 Å². The molecule has 0 saturated heterocycles. The van der Waals surface area contributed by atoms with Gasteiger partial charge >= 0.3 is 0 Å². The van der Waals surface area contributed by atoms with E-state index in [0.717, 1.165) is 30.0 Å². The van der Waals surface area contributed by atoms with Crippen LogP contribution in [0.1, 0.15) is 46.0 Å². The van der Waals surface area contributed by atoms with Gasteiger partial charge in [0.05, 0.1) is 18.3 Å². The van der Waals surface area contributed by atoms with Gasteiger partial charge in [0.2, 0.25) is 0 Å². The molecule has 3 nitrogen and oxygen atoms in total. The molecular weight excluding hydrogens is 280 g/mol. The average Bonchev–Trinajstić information content (AvgIpc) is 3.10. The van der Waals surface area contributed by atoms with Crippen LogP contribution in [0.5, 0.6) is 5.75 Å². The van der Waals surface area contributed by atoms with Gasteiger partial charge in [-0.1, -0.05) is 6.07 Å². The molecule has 4 heteroatoms. The molecule has 21 heavy (non-hydrogen) atoms. The van der Waals surface area contributed by atoms with Gasteiger partial charge in [-0.05, 0) is 61.8 Å². The van der Waals surface area contributed by atoms with E-state index < -0.39 is 5.54 Å². The van der Waals surface area contributed by atoms with Crippen LogP contribution < -0.4 is 10.5 Å². The molecule has 0 saturated carbocycles. The Hall–Kier alpha value is -1.39. The molecule has 0 fully saturated rings. The van der Waals surface area contributed by atoms with Crippen molar-refractivity contribution < 1.29 is 4.74 Å². The van der Waals surface area contributed by atoms with Gasteiger partial charge in [-0.25, -0.2) is 4.98 Å². The van der Waals surface area contributed by atoms with E-state index in [1.165, 1.54) is 41.0 Å². The topological polar surface area (TPSA) is 48.1 Å². The largest absolute Gasteiger partial charge is 0.497 e. The normalized spacial score (nSPS) is 23.7. The van der Waals surface area contributed by atoms with Crippen LogP contribution in [0.25, 0.3) is 0 Å². The number of nitrogens with two attached hydrogens (primary N) is 1. The SMILES string of the molecule is COc1ccc2c(c1)C(N)(c1nc3c(s1)CCCC3)CC2. The molecule has 1 aromatic heterocycles. The molecule has 0 aliphatic heterocycles. The van der Waals surface area contributed by atoms with Crippen LogP contribution in [-0.4, -0.2) is 12.1 Å². The second-order valence-electron chi connectivity index (χ2n) is 6.09. The van der Waals surface area contributed by atoms with Gasteiger partial charge in [0.25, 0.3) is 0 Å². The first-order valence-electron chi connectivity index (χ1n) is 7.66. The maximum atomic E-state index is 6.82. The minimum Gasteiger partial charge on any atom is -0.497 e. The molecule has 1 unspecified atom stereocenters. The lowest BCUT2D eigenvalue weighted by Gasteiger charge is -2.23. The lowest BCUT2D eigenvalue weighted by molar-refractivity contribution is 0.413. The number of ether oxygens (including phenoxy) is 1. The van der Waals surface area contributed by atoms with Crippen molar-refractivity contribution >= 4 is 11.3 Å². The molecule has 2 aliphatic rings. The number of thiazole rings is 1. The summed E-state index contributed by atoms with van der Waals surface area (Å²) in [6.45, 7) is 0. The number of aryl methyl sites for hydroxylation is 3. The maximum Gasteiger partial charge on any atom is 0.119 e. The fraction of sp³-hybridized carbons (Fsp3) is 0.471. The molecule has 0 amide bonds. The van der Waals surface area contributed by atoms with Crippen LogP contribution in [0.4, 0.5) is 0 Å². The average molecular weight is 300 g/mol. The van der Waals surface area contributed by atoms with Gasteiger partial charge in [-0.2, -0.15) is 0 Å². The Balaban J connectivity index is 1.80. The van der Waals surface area contributed by atoms with Gasteiger partial charge in [0, 0.05) is 4.88 Å². The molecule has 2 aliphatic carbocycles. The number of methoxy groups -OCH3 is 1. The number of hydrogen-bond donors (Lipinski definition) is 1. The van der Waals surface area contributed by atoms with E-state index in [1.54, 1.807) is 7.11 Å². The Kier molecular flexibility index (Phi) is 3.05. The van der Waals surface area contributed by atoms with Crippen LogP contribution in [0.15, 0.2) is 18.2 Å². The van der Waals surface area contributed by atoms with Gasteiger partial charge < -0.3 is 10.5 Å². The van der Waals surface area contributed by atoms with Crippen molar-refractivity contribution in [2.45, 2.75) is 44.1 Å². The Labute approximate surface area is 129 Å². The Bertz CT molecular complexity index is 671. The third-order valence-corrected chi connectivity index (χ3v) is 6.15. The summed E-state index contributed by atoms with van der Waals surface area (Å²) >= 11 is 1.83. The summed E-state index contributed by atoms with van der Waals surface area (Å²) in [6.07, 6.45) is 6.82. The fourth-order valence-corrected chi connectivity index (χ4v) is 4.84. The van der Waals surface area contributed by atoms with Crippen LogP contribution in [0, 0.1) is 0 Å². The van der Waals surface area contributed by atoms with Crippen molar-refractivity contribution in [2.75, 3.05) is 7.11 Å². The van der Waals surface area contributed by atoms with Crippen molar-refractivity contribution in [1.29, 1.82) is 0 Å². The molecule has 4 rings (SSSR count).